The Morgan fingerprint density at radius 3 is 2.33 bits per heavy atom. The first-order valence-corrected chi connectivity index (χ1v) is 9.11. The number of halogens is 3. The highest BCUT2D eigenvalue weighted by Crippen LogP contribution is 2.29. The van der Waals surface area contributed by atoms with E-state index < -0.39 is 27.9 Å². The van der Waals surface area contributed by atoms with E-state index in [2.05, 4.69) is 4.72 Å². The number of rotatable bonds is 6. The summed E-state index contributed by atoms with van der Waals surface area (Å²) in [5.41, 5.74) is -0.906. The second-order valence-corrected chi connectivity index (χ2v) is 7.49. The molecule has 0 aliphatic carbocycles. The SMILES string of the molecule is O=S(=O)(NCC[C@@H](O)C1CCOCC1)c1ccc(C(F)(F)F)cc1. The molecular weight excluding hydrogens is 347 g/mol. The van der Waals surface area contributed by atoms with Crippen molar-refractivity contribution in [1.29, 1.82) is 0 Å². The number of aliphatic hydroxyl groups excluding tert-OH is 1. The number of hydrogen-bond donors (Lipinski definition) is 2. The van der Waals surface area contributed by atoms with Crippen molar-refractivity contribution in [2.24, 2.45) is 5.92 Å². The summed E-state index contributed by atoms with van der Waals surface area (Å²) >= 11 is 0. The molecule has 2 N–H and O–H groups in total. The van der Waals surface area contributed by atoms with Crippen LogP contribution >= 0.6 is 0 Å². The first-order chi connectivity index (χ1) is 11.2. The zero-order valence-electron chi connectivity index (χ0n) is 12.9. The minimum atomic E-state index is -4.51. The van der Waals surface area contributed by atoms with Gasteiger partial charge >= 0.3 is 6.18 Å². The Labute approximate surface area is 138 Å². The maximum absolute atomic E-state index is 12.5. The maximum atomic E-state index is 12.5. The quantitative estimate of drug-likeness (QED) is 0.808. The van der Waals surface area contributed by atoms with Crippen molar-refractivity contribution in [3.63, 3.8) is 0 Å². The molecule has 1 saturated heterocycles. The summed E-state index contributed by atoms with van der Waals surface area (Å²) in [5.74, 6) is 0.0781. The molecule has 0 radical (unpaired) electrons. The lowest BCUT2D eigenvalue weighted by atomic mass is 9.92. The van der Waals surface area contributed by atoms with Crippen molar-refractivity contribution in [2.75, 3.05) is 19.8 Å². The third-order valence-corrected chi connectivity index (χ3v) is 5.51. The van der Waals surface area contributed by atoms with E-state index in [-0.39, 0.29) is 23.8 Å². The van der Waals surface area contributed by atoms with Crippen LogP contribution < -0.4 is 4.72 Å². The van der Waals surface area contributed by atoms with Crippen LogP contribution in [0.2, 0.25) is 0 Å². The summed E-state index contributed by atoms with van der Waals surface area (Å²) in [6.45, 7) is 1.18. The van der Waals surface area contributed by atoms with Gasteiger partial charge in [-0.3, -0.25) is 0 Å². The lowest BCUT2D eigenvalue weighted by Gasteiger charge is -2.26. The van der Waals surface area contributed by atoms with Gasteiger partial charge < -0.3 is 9.84 Å². The molecule has 5 nitrogen and oxygen atoms in total. The van der Waals surface area contributed by atoms with E-state index in [1.54, 1.807) is 0 Å². The fourth-order valence-corrected chi connectivity index (χ4v) is 3.63. The number of ether oxygens (including phenoxy) is 1. The van der Waals surface area contributed by atoms with Crippen LogP contribution in [0.4, 0.5) is 13.2 Å². The highest BCUT2D eigenvalue weighted by atomic mass is 32.2. The molecule has 0 aromatic heterocycles. The van der Waals surface area contributed by atoms with Crippen LogP contribution in [0.25, 0.3) is 0 Å². The van der Waals surface area contributed by atoms with Crippen LogP contribution in [0, 0.1) is 5.92 Å². The van der Waals surface area contributed by atoms with Crippen molar-refractivity contribution >= 4 is 10.0 Å². The number of benzene rings is 1. The van der Waals surface area contributed by atoms with Gasteiger partial charge in [-0.1, -0.05) is 0 Å². The van der Waals surface area contributed by atoms with Crippen LogP contribution in [0.3, 0.4) is 0 Å². The summed E-state index contributed by atoms with van der Waals surface area (Å²) in [7, 11) is -3.90. The second-order valence-electron chi connectivity index (χ2n) is 5.73. The summed E-state index contributed by atoms with van der Waals surface area (Å²) in [5, 5.41) is 10.1. The fourth-order valence-electron chi connectivity index (χ4n) is 2.58. The minimum Gasteiger partial charge on any atom is -0.393 e. The third kappa shape index (κ3) is 5.17. The lowest BCUT2D eigenvalue weighted by molar-refractivity contribution is -0.137. The fraction of sp³-hybridized carbons (Fsp3) is 0.600. The van der Waals surface area contributed by atoms with Gasteiger partial charge in [0.2, 0.25) is 10.0 Å². The summed E-state index contributed by atoms with van der Waals surface area (Å²) < 4.78 is 69.1. The van der Waals surface area contributed by atoms with Gasteiger partial charge in [0.1, 0.15) is 0 Å². The van der Waals surface area contributed by atoms with Crippen molar-refractivity contribution < 1.29 is 31.4 Å². The molecule has 0 spiro atoms. The maximum Gasteiger partial charge on any atom is 0.416 e. The normalized spacial score (nSPS) is 18.5. The summed E-state index contributed by atoms with van der Waals surface area (Å²) in [6, 6.07) is 3.29. The largest absolute Gasteiger partial charge is 0.416 e. The molecule has 2 rings (SSSR count). The highest BCUT2D eigenvalue weighted by Gasteiger charge is 2.30. The van der Waals surface area contributed by atoms with E-state index in [1.807, 2.05) is 0 Å². The number of aliphatic hydroxyl groups is 1. The zero-order valence-corrected chi connectivity index (χ0v) is 13.7. The van der Waals surface area contributed by atoms with Crippen LogP contribution in [-0.2, 0) is 20.9 Å². The molecule has 24 heavy (non-hydrogen) atoms. The topological polar surface area (TPSA) is 75.6 Å². The number of nitrogens with one attached hydrogen (secondary N) is 1. The van der Waals surface area contributed by atoms with E-state index in [4.69, 9.17) is 4.74 Å². The predicted octanol–water partition coefficient (Wildman–Crippen LogP) is 2.16. The van der Waals surface area contributed by atoms with Gasteiger partial charge in [-0.15, -0.1) is 0 Å². The molecule has 1 aromatic rings. The van der Waals surface area contributed by atoms with Gasteiger partial charge in [-0.05, 0) is 49.4 Å². The van der Waals surface area contributed by atoms with Crippen molar-refractivity contribution in [2.45, 2.75) is 36.4 Å². The number of sulfonamides is 1. The van der Waals surface area contributed by atoms with Crippen molar-refractivity contribution in [3.05, 3.63) is 29.8 Å². The molecule has 1 heterocycles. The Bertz CT molecular complexity index is 625. The lowest BCUT2D eigenvalue weighted by Crippen LogP contribution is -2.32. The predicted molar refractivity (Wildman–Crippen MR) is 80.8 cm³/mol. The average molecular weight is 367 g/mol. The van der Waals surface area contributed by atoms with E-state index >= 15 is 0 Å². The molecular formula is C15H20F3NO4S. The highest BCUT2D eigenvalue weighted by molar-refractivity contribution is 7.89. The van der Waals surface area contributed by atoms with Gasteiger partial charge in [-0.2, -0.15) is 13.2 Å². The molecule has 9 heteroatoms. The van der Waals surface area contributed by atoms with E-state index in [0.29, 0.717) is 13.2 Å². The van der Waals surface area contributed by atoms with Crippen LogP contribution in [0.5, 0.6) is 0 Å². The Balaban J connectivity index is 1.89. The van der Waals surface area contributed by atoms with Gasteiger partial charge in [-0.25, -0.2) is 13.1 Å². The average Bonchev–Trinajstić information content (AvgIpc) is 2.55. The number of alkyl halides is 3. The van der Waals surface area contributed by atoms with Crippen molar-refractivity contribution in [3.8, 4) is 0 Å². The minimum absolute atomic E-state index is 0.0158. The zero-order chi connectivity index (χ0) is 17.8. The molecule has 0 saturated carbocycles. The Kier molecular flexibility index (Phi) is 6.24. The number of hydrogen-bond acceptors (Lipinski definition) is 4. The molecule has 1 aromatic carbocycles. The molecule has 0 amide bonds. The Morgan fingerprint density at radius 1 is 1.21 bits per heavy atom. The van der Waals surface area contributed by atoms with Gasteiger partial charge in [0.15, 0.2) is 0 Å². The third-order valence-electron chi connectivity index (χ3n) is 4.03. The molecule has 0 bridgehead atoms. The Morgan fingerprint density at radius 2 is 1.79 bits per heavy atom. The van der Waals surface area contributed by atoms with Gasteiger partial charge in [0.25, 0.3) is 0 Å². The second kappa shape index (κ2) is 7.81. The smallest absolute Gasteiger partial charge is 0.393 e. The van der Waals surface area contributed by atoms with Gasteiger partial charge in [0.05, 0.1) is 16.6 Å². The van der Waals surface area contributed by atoms with E-state index in [9.17, 15) is 26.7 Å². The first kappa shape index (κ1) is 19.2. The monoisotopic (exact) mass is 367 g/mol. The molecule has 1 atom stereocenters. The Hall–Kier alpha value is -1.16. The standard InChI is InChI=1S/C15H20F3NO4S/c16-15(17,18)12-1-3-13(4-2-12)24(21,22)19-8-5-14(20)11-6-9-23-10-7-11/h1-4,11,14,19-20H,5-10H2/t14-/m1/s1. The molecule has 1 aliphatic rings. The molecule has 0 unspecified atom stereocenters. The molecule has 1 aliphatic heterocycles. The van der Waals surface area contributed by atoms with Gasteiger partial charge in [0, 0.05) is 19.8 Å². The first-order valence-electron chi connectivity index (χ1n) is 7.63. The van der Waals surface area contributed by atoms with Crippen molar-refractivity contribution in [1.82, 2.24) is 4.72 Å². The van der Waals surface area contributed by atoms with Crippen LogP contribution in [0.15, 0.2) is 29.2 Å². The van der Waals surface area contributed by atoms with Crippen LogP contribution in [0.1, 0.15) is 24.8 Å². The molecule has 136 valence electrons. The van der Waals surface area contributed by atoms with E-state index in [0.717, 1.165) is 37.1 Å². The van der Waals surface area contributed by atoms with Crippen LogP contribution in [-0.4, -0.2) is 39.4 Å². The summed E-state index contributed by atoms with van der Waals surface area (Å²) in [4.78, 5) is -0.240. The molecule has 1 fully saturated rings. The van der Waals surface area contributed by atoms with E-state index in [1.165, 1.54) is 0 Å². The summed E-state index contributed by atoms with van der Waals surface area (Å²) in [6.07, 6.45) is -3.45.